The van der Waals surface area contributed by atoms with E-state index in [9.17, 15) is 0 Å². The molecule has 4 heteroatoms. The molecule has 2 atom stereocenters. The van der Waals surface area contributed by atoms with Gasteiger partial charge in [-0.25, -0.2) is 0 Å². The van der Waals surface area contributed by atoms with E-state index in [0.717, 1.165) is 12.8 Å². The third-order valence-electron chi connectivity index (χ3n) is 3.48. The maximum atomic E-state index is 5.67. The van der Waals surface area contributed by atoms with Crippen LogP contribution in [-0.4, -0.2) is 6.04 Å². The molecule has 0 bridgehead atoms. The highest BCUT2D eigenvalue weighted by Crippen LogP contribution is 2.31. The van der Waals surface area contributed by atoms with E-state index in [1.807, 2.05) is 0 Å². The maximum absolute atomic E-state index is 5.67. The number of hydrazine groups is 1. The van der Waals surface area contributed by atoms with Crippen LogP contribution in [0.4, 0.5) is 0 Å². The number of rotatable bonds is 5. The van der Waals surface area contributed by atoms with E-state index in [-0.39, 0.29) is 0 Å². The number of nitrogens with one attached hydrogen (secondary N) is 1. The molecule has 0 saturated heterocycles. The molecule has 1 aromatic heterocycles. The summed E-state index contributed by atoms with van der Waals surface area (Å²) < 4.78 is 1.20. The lowest BCUT2D eigenvalue weighted by atomic mass is 9.78. The van der Waals surface area contributed by atoms with Crippen molar-refractivity contribution >= 4 is 27.3 Å². The lowest BCUT2D eigenvalue weighted by molar-refractivity contribution is 0.222. The first-order valence-electron chi connectivity index (χ1n) is 6.02. The van der Waals surface area contributed by atoms with Gasteiger partial charge in [-0.2, -0.15) is 0 Å². The van der Waals surface area contributed by atoms with Crippen LogP contribution < -0.4 is 11.3 Å². The standard InChI is InChI=1S/C13H23BrN2S/c1-9(13(2,3)4)7-10(16-15)8-12-11(14)5-6-17-12/h5-6,9-10,16H,7-8,15H2,1-4H3. The molecule has 0 saturated carbocycles. The average Bonchev–Trinajstić information content (AvgIpc) is 2.61. The van der Waals surface area contributed by atoms with Gasteiger partial charge in [-0.05, 0) is 51.6 Å². The molecular formula is C13H23BrN2S. The fourth-order valence-corrected chi connectivity index (χ4v) is 3.28. The van der Waals surface area contributed by atoms with Gasteiger partial charge in [0.15, 0.2) is 0 Å². The number of thiophene rings is 1. The van der Waals surface area contributed by atoms with Crippen molar-refractivity contribution in [3.05, 3.63) is 20.8 Å². The van der Waals surface area contributed by atoms with Crippen molar-refractivity contribution in [2.45, 2.75) is 46.6 Å². The normalized spacial score (nSPS) is 15.9. The van der Waals surface area contributed by atoms with Crippen molar-refractivity contribution in [3.8, 4) is 0 Å². The highest BCUT2D eigenvalue weighted by Gasteiger charge is 2.23. The highest BCUT2D eigenvalue weighted by molar-refractivity contribution is 9.10. The summed E-state index contributed by atoms with van der Waals surface area (Å²) in [6, 6.07) is 2.44. The van der Waals surface area contributed by atoms with Gasteiger partial charge in [-0.3, -0.25) is 11.3 Å². The van der Waals surface area contributed by atoms with Crippen LogP contribution in [0.5, 0.6) is 0 Å². The summed E-state index contributed by atoms with van der Waals surface area (Å²) in [5.41, 5.74) is 3.29. The fraction of sp³-hybridized carbons (Fsp3) is 0.692. The molecule has 17 heavy (non-hydrogen) atoms. The zero-order valence-electron chi connectivity index (χ0n) is 11.1. The summed E-state index contributed by atoms with van der Waals surface area (Å²) in [5, 5.41) is 2.11. The second-order valence-corrected chi connectivity index (χ2v) is 7.62. The molecular weight excluding hydrogens is 296 g/mol. The van der Waals surface area contributed by atoms with E-state index in [0.29, 0.717) is 17.4 Å². The summed E-state index contributed by atoms with van der Waals surface area (Å²) in [4.78, 5) is 1.37. The molecule has 1 rings (SSSR count). The molecule has 0 aliphatic rings. The molecule has 3 N–H and O–H groups in total. The zero-order valence-corrected chi connectivity index (χ0v) is 13.5. The van der Waals surface area contributed by atoms with Crippen LogP contribution >= 0.6 is 27.3 Å². The number of hydrogen-bond donors (Lipinski definition) is 2. The Kier molecular flexibility index (Phi) is 5.64. The first kappa shape index (κ1) is 15.2. The van der Waals surface area contributed by atoms with Crippen molar-refractivity contribution < 1.29 is 0 Å². The van der Waals surface area contributed by atoms with Gasteiger partial charge >= 0.3 is 0 Å². The minimum atomic E-state index is 0.335. The van der Waals surface area contributed by atoms with Crippen molar-refractivity contribution in [3.63, 3.8) is 0 Å². The molecule has 0 aromatic carbocycles. The van der Waals surface area contributed by atoms with Crippen LogP contribution in [0.25, 0.3) is 0 Å². The molecule has 0 aliphatic heterocycles. The van der Waals surface area contributed by atoms with Gasteiger partial charge in [-0.15, -0.1) is 11.3 Å². The Labute approximate surface area is 117 Å². The van der Waals surface area contributed by atoms with Crippen LogP contribution in [0.1, 0.15) is 39.0 Å². The third-order valence-corrected chi connectivity index (χ3v) is 5.42. The van der Waals surface area contributed by atoms with Gasteiger partial charge in [0.2, 0.25) is 0 Å². The van der Waals surface area contributed by atoms with Crippen molar-refractivity contribution in [1.29, 1.82) is 0 Å². The summed E-state index contributed by atoms with van der Waals surface area (Å²) >= 11 is 5.36. The Hall–Kier alpha value is 0.1000. The van der Waals surface area contributed by atoms with E-state index in [2.05, 4.69) is 60.5 Å². The van der Waals surface area contributed by atoms with Crippen molar-refractivity contribution in [2.75, 3.05) is 0 Å². The Balaban J connectivity index is 2.58. The largest absolute Gasteiger partial charge is 0.271 e. The molecule has 98 valence electrons. The van der Waals surface area contributed by atoms with Gasteiger partial charge in [-0.1, -0.05) is 27.7 Å². The van der Waals surface area contributed by atoms with Gasteiger partial charge in [0, 0.05) is 15.4 Å². The summed E-state index contributed by atoms with van der Waals surface area (Å²) in [7, 11) is 0. The minimum absolute atomic E-state index is 0.335. The summed E-state index contributed by atoms with van der Waals surface area (Å²) in [6.45, 7) is 9.15. The lowest BCUT2D eigenvalue weighted by Crippen LogP contribution is -2.39. The second-order valence-electron chi connectivity index (χ2n) is 5.76. The predicted molar refractivity (Wildman–Crippen MR) is 80.1 cm³/mol. The summed E-state index contributed by atoms with van der Waals surface area (Å²) in [5.74, 6) is 6.31. The molecule has 0 aliphatic carbocycles. The van der Waals surface area contributed by atoms with E-state index < -0.39 is 0 Å². The molecule has 1 heterocycles. The molecule has 2 unspecified atom stereocenters. The first-order chi connectivity index (χ1) is 7.84. The van der Waals surface area contributed by atoms with E-state index in [1.54, 1.807) is 11.3 Å². The van der Waals surface area contributed by atoms with E-state index in [4.69, 9.17) is 5.84 Å². The zero-order chi connectivity index (χ0) is 13.1. The monoisotopic (exact) mass is 318 g/mol. The average molecular weight is 319 g/mol. The number of halogens is 1. The van der Waals surface area contributed by atoms with E-state index in [1.165, 1.54) is 9.35 Å². The number of nitrogens with two attached hydrogens (primary N) is 1. The van der Waals surface area contributed by atoms with Crippen LogP contribution in [-0.2, 0) is 6.42 Å². The molecule has 2 nitrogen and oxygen atoms in total. The molecule has 0 amide bonds. The number of hydrogen-bond acceptors (Lipinski definition) is 3. The maximum Gasteiger partial charge on any atom is 0.0314 e. The van der Waals surface area contributed by atoms with Crippen molar-refractivity contribution in [1.82, 2.24) is 5.43 Å². The molecule has 0 radical (unpaired) electrons. The topological polar surface area (TPSA) is 38.0 Å². The Morgan fingerprint density at radius 3 is 2.53 bits per heavy atom. The first-order valence-corrected chi connectivity index (χ1v) is 7.70. The van der Waals surface area contributed by atoms with Gasteiger partial charge in [0.1, 0.15) is 0 Å². The highest BCUT2D eigenvalue weighted by atomic mass is 79.9. The van der Waals surface area contributed by atoms with Gasteiger partial charge in [0.05, 0.1) is 0 Å². The smallest absolute Gasteiger partial charge is 0.0314 e. The fourth-order valence-electron chi connectivity index (χ4n) is 1.69. The Bertz CT molecular complexity index is 343. The van der Waals surface area contributed by atoms with Gasteiger partial charge < -0.3 is 0 Å². The Morgan fingerprint density at radius 2 is 2.12 bits per heavy atom. The predicted octanol–water partition coefficient (Wildman–Crippen LogP) is 3.96. The quantitative estimate of drug-likeness (QED) is 0.637. The van der Waals surface area contributed by atoms with Crippen molar-refractivity contribution in [2.24, 2.45) is 17.2 Å². The summed E-state index contributed by atoms with van der Waals surface area (Å²) in [6.07, 6.45) is 2.10. The van der Waals surface area contributed by atoms with Crippen LogP contribution in [0.3, 0.4) is 0 Å². The van der Waals surface area contributed by atoms with Crippen LogP contribution in [0.15, 0.2) is 15.9 Å². The van der Waals surface area contributed by atoms with Crippen LogP contribution in [0.2, 0.25) is 0 Å². The lowest BCUT2D eigenvalue weighted by Gasteiger charge is -2.30. The van der Waals surface area contributed by atoms with Gasteiger partial charge in [0.25, 0.3) is 0 Å². The van der Waals surface area contributed by atoms with E-state index >= 15 is 0 Å². The minimum Gasteiger partial charge on any atom is -0.271 e. The molecule has 0 fully saturated rings. The molecule has 0 spiro atoms. The molecule has 1 aromatic rings. The second kappa shape index (κ2) is 6.32. The van der Waals surface area contributed by atoms with Crippen LogP contribution in [0, 0.1) is 11.3 Å². The SMILES string of the molecule is CC(CC(Cc1sccc1Br)NN)C(C)(C)C. The third kappa shape index (κ3) is 4.70. The Morgan fingerprint density at radius 1 is 1.47 bits per heavy atom.